The maximum atomic E-state index is 12.9. The van der Waals surface area contributed by atoms with Crippen molar-refractivity contribution in [2.75, 3.05) is 13.2 Å². The zero-order valence-corrected chi connectivity index (χ0v) is 17.7. The smallest absolute Gasteiger partial charge is 0.257 e. The highest BCUT2D eigenvalue weighted by Gasteiger charge is 2.21. The predicted molar refractivity (Wildman–Crippen MR) is 121 cm³/mol. The van der Waals surface area contributed by atoms with Crippen molar-refractivity contribution < 1.29 is 13.9 Å². The number of para-hydroxylation sites is 3. The van der Waals surface area contributed by atoms with Crippen LogP contribution in [-0.2, 0) is 12.2 Å². The molecular weight excluding hydrogens is 408 g/mol. The van der Waals surface area contributed by atoms with E-state index < -0.39 is 0 Å². The predicted octanol–water partition coefficient (Wildman–Crippen LogP) is 5.10. The molecule has 1 atom stereocenters. The van der Waals surface area contributed by atoms with Crippen molar-refractivity contribution in [1.82, 2.24) is 10.3 Å². The number of aromatic nitrogens is 1. The lowest BCUT2D eigenvalue weighted by Crippen LogP contribution is -2.35. The largest absolute Gasteiger partial charge is 0.493 e. The number of carbonyl (C=O) groups excluding carboxylic acids is 1. The van der Waals surface area contributed by atoms with Crippen LogP contribution >= 0.6 is 11.8 Å². The molecule has 4 aromatic rings. The second-order valence-electron chi connectivity index (χ2n) is 7.59. The lowest BCUT2D eigenvalue weighted by Gasteiger charge is -2.25. The molecule has 1 aliphatic heterocycles. The summed E-state index contributed by atoms with van der Waals surface area (Å²) >= 11 is 1.49. The van der Waals surface area contributed by atoms with Crippen molar-refractivity contribution in [3.05, 3.63) is 89.5 Å². The van der Waals surface area contributed by atoms with E-state index in [1.54, 1.807) is 0 Å². The summed E-state index contributed by atoms with van der Waals surface area (Å²) in [6, 6.07) is 23.5. The number of amides is 1. The Hall–Kier alpha value is -3.25. The average Bonchev–Trinajstić information content (AvgIpc) is 3.24. The van der Waals surface area contributed by atoms with E-state index in [4.69, 9.17) is 9.15 Å². The molecule has 6 heteroatoms. The first-order chi connectivity index (χ1) is 15.3. The van der Waals surface area contributed by atoms with E-state index >= 15 is 0 Å². The molecule has 0 saturated carbocycles. The van der Waals surface area contributed by atoms with Crippen molar-refractivity contribution in [1.29, 1.82) is 0 Å². The maximum Gasteiger partial charge on any atom is 0.257 e. The van der Waals surface area contributed by atoms with Gasteiger partial charge in [-0.15, -0.1) is 0 Å². The van der Waals surface area contributed by atoms with Crippen LogP contribution in [0, 0.1) is 5.92 Å². The maximum absolute atomic E-state index is 12.9. The van der Waals surface area contributed by atoms with Gasteiger partial charge in [-0.3, -0.25) is 4.79 Å². The molecule has 2 heterocycles. The molecule has 3 aromatic carbocycles. The van der Waals surface area contributed by atoms with E-state index in [2.05, 4.69) is 16.4 Å². The van der Waals surface area contributed by atoms with E-state index in [1.807, 2.05) is 66.7 Å². The third-order valence-corrected chi connectivity index (χ3v) is 6.27. The number of thioether (sulfide) groups is 1. The van der Waals surface area contributed by atoms with Crippen LogP contribution in [-0.4, -0.2) is 24.0 Å². The third-order valence-electron chi connectivity index (χ3n) is 5.39. The normalized spacial score (nSPS) is 15.3. The van der Waals surface area contributed by atoms with Gasteiger partial charge in [-0.25, -0.2) is 4.98 Å². The highest BCUT2D eigenvalue weighted by Crippen LogP contribution is 2.28. The third kappa shape index (κ3) is 4.44. The fraction of sp³-hybridized carbons (Fsp3) is 0.200. The van der Waals surface area contributed by atoms with Crippen molar-refractivity contribution in [3.8, 4) is 5.75 Å². The van der Waals surface area contributed by atoms with E-state index in [0.29, 0.717) is 29.7 Å². The van der Waals surface area contributed by atoms with Crippen LogP contribution < -0.4 is 10.1 Å². The fourth-order valence-electron chi connectivity index (χ4n) is 3.77. The van der Waals surface area contributed by atoms with Crippen LogP contribution in [0.25, 0.3) is 11.1 Å². The summed E-state index contributed by atoms with van der Waals surface area (Å²) in [5, 5.41) is 3.70. The zero-order valence-electron chi connectivity index (χ0n) is 16.9. The van der Waals surface area contributed by atoms with E-state index in [-0.39, 0.29) is 11.8 Å². The minimum atomic E-state index is -0.0624. The lowest BCUT2D eigenvalue weighted by molar-refractivity contribution is 0.0938. The van der Waals surface area contributed by atoms with Gasteiger partial charge in [0.2, 0.25) is 0 Å². The highest BCUT2D eigenvalue weighted by molar-refractivity contribution is 7.98. The summed E-state index contributed by atoms with van der Waals surface area (Å²) in [6.45, 7) is 1.20. The molecule has 0 aliphatic carbocycles. The number of ether oxygens (including phenoxy) is 1. The number of fused-ring (bicyclic) bond motifs is 2. The topological polar surface area (TPSA) is 64.4 Å². The number of hydrogen-bond donors (Lipinski definition) is 1. The molecule has 5 nitrogen and oxygen atoms in total. The number of hydrogen-bond acceptors (Lipinski definition) is 5. The van der Waals surface area contributed by atoms with Crippen molar-refractivity contribution in [3.63, 3.8) is 0 Å². The van der Waals surface area contributed by atoms with Gasteiger partial charge in [-0.2, -0.15) is 0 Å². The fourth-order valence-corrected chi connectivity index (χ4v) is 4.62. The number of carbonyl (C=O) groups is 1. The quantitative estimate of drug-likeness (QED) is 0.431. The molecule has 156 valence electrons. The lowest BCUT2D eigenvalue weighted by atomic mass is 9.96. The molecule has 0 spiro atoms. The van der Waals surface area contributed by atoms with Gasteiger partial charge >= 0.3 is 0 Å². The molecule has 1 aromatic heterocycles. The molecule has 31 heavy (non-hydrogen) atoms. The summed E-state index contributed by atoms with van der Waals surface area (Å²) in [6.07, 6.45) is 0.908. The number of rotatable bonds is 6. The van der Waals surface area contributed by atoms with Gasteiger partial charge in [0.15, 0.2) is 5.58 Å². The first-order valence-electron chi connectivity index (χ1n) is 10.3. The van der Waals surface area contributed by atoms with Gasteiger partial charge in [0.05, 0.1) is 6.61 Å². The Kier molecular flexibility index (Phi) is 5.63. The van der Waals surface area contributed by atoms with Gasteiger partial charge in [0.25, 0.3) is 11.1 Å². The second-order valence-corrected chi connectivity index (χ2v) is 8.52. The van der Waals surface area contributed by atoms with Gasteiger partial charge in [-0.1, -0.05) is 60.3 Å². The molecule has 0 fully saturated rings. The van der Waals surface area contributed by atoms with Crippen LogP contribution in [0.5, 0.6) is 5.75 Å². The molecule has 5 rings (SSSR count). The van der Waals surface area contributed by atoms with Gasteiger partial charge < -0.3 is 14.5 Å². The minimum Gasteiger partial charge on any atom is -0.493 e. The summed E-state index contributed by atoms with van der Waals surface area (Å²) in [7, 11) is 0. The molecule has 0 saturated heterocycles. The molecule has 1 aliphatic rings. The van der Waals surface area contributed by atoms with Gasteiger partial charge in [0, 0.05) is 23.8 Å². The Morgan fingerprint density at radius 2 is 1.84 bits per heavy atom. The number of benzene rings is 3. The molecule has 0 unspecified atom stereocenters. The summed E-state index contributed by atoms with van der Waals surface area (Å²) < 4.78 is 11.6. The van der Waals surface area contributed by atoms with Gasteiger partial charge in [-0.05, 0) is 41.8 Å². The van der Waals surface area contributed by atoms with Crippen molar-refractivity contribution >= 4 is 28.8 Å². The summed E-state index contributed by atoms with van der Waals surface area (Å²) in [4.78, 5) is 17.4. The van der Waals surface area contributed by atoms with Crippen LogP contribution in [0.4, 0.5) is 0 Å². The Morgan fingerprint density at radius 1 is 1.03 bits per heavy atom. The molecular formula is C25H22N2O3S. The Balaban J connectivity index is 1.22. The Labute approximate surface area is 184 Å². The first kappa shape index (κ1) is 19.7. The standard InChI is InChI=1S/C25H22N2O3S/c28-24(26-14-17-13-18-7-2-5-11-22(18)29-15-17)20-9-3-1-8-19(20)16-31-25-27-21-10-4-6-12-23(21)30-25/h1-12,17H,13-16H2,(H,26,28)/t17-/m0/s1. The van der Waals surface area contributed by atoms with E-state index in [1.165, 1.54) is 17.3 Å². The highest BCUT2D eigenvalue weighted by atomic mass is 32.2. The monoisotopic (exact) mass is 430 g/mol. The molecule has 1 amide bonds. The molecule has 0 bridgehead atoms. The van der Waals surface area contributed by atoms with Crippen LogP contribution in [0.3, 0.4) is 0 Å². The minimum absolute atomic E-state index is 0.0624. The Morgan fingerprint density at radius 3 is 2.77 bits per heavy atom. The van der Waals surface area contributed by atoms with Crippen LogP contribution in [0.15, 0.2) is 82.4 Å². The molecule has 0 radical (unpaired) electrons. The van der Waals surface area contributed by atoms with Crippen molar-refractivity contribution in [2.45, 2.75) is 17.4 Å². The zero-order chi connectivity index (χ0) is 21.0. The van der Waals surface area contributed by atoms with E-state index in [9.17, 15) is 4.79 Å². The number of nitrogens with zero attached hydrogens (tertiary/aromatic N) is 1. The molecule has 1 N–H and O–H groups in total. The average molecular weight is 431 g/mol. The van der Waals surface area contributed by atoms with Crippen LogP contribution in [0.1, 0.15) is 21.5 Å². The van der Waals surface area contributed by atoms with Crippen molar-refractivity contribution in [2.24, 2.45) is 5.92 Å². The summed E-state index contributed by atoms with van der Waals surface area (Å²) in [5.41, 5.74) is 4.45. The second kappa shape index (κ2) is 8.86. The van der Waals surface area contributed by atoms with Crippen LogP contribution in [0.2, 0.25) is 0 Å². The SMILES string of the molecule is O=C(NC[C@H]1COc2ccccc2C1)c1ccccc1CSc1nc2ccccc2o1. The Bertz CT molecular complexity index is 1190. The number of oxazole rings is 1. The first-order valence-corrected chi connectivity index (χ1v) is 11.3. The van der Waals surface area contributed by atoms with Gasteiger partial charge in [0.1, 0.15) is 11.3 Å². The summed E-state index contributed by atoms with van der Waals surface area (Å²) in [5.74, 6) is 1.76. The number of nitrogens with one attached hydrogen (secondary N) is 1. The van der Waals surface area contributed by atoms with E-state index in [0.717, 1.165) is 28.8 Å².